The van der Waals surface area contributed by atoms with Crippen LogP contribution in [0.1, 0.15) is 27.2 Å². The fourth-order valence-corrected chi connectivity index (χ4v) is 1.79. The minimum Gasteiger partial charge on any atom is -0.410 e. The van der Waals surface area contributed by atoms with Crippen molar-refractivity contribution in [1.82, 2.24) is 5.32 Å². The Morgan fingerprint density at radius 3 is 2.52 bits per heavy atom. The molecule has 8 heteroatoms. The summed E-state index contributed by atoms with van der Waals surface area (Å²) in [4.78, 5) is 21.8. The molecule has 0 aliphatic carbocycles. The van der Waals surface area contributed by atoms with Crippen LogP contribution in [0.25, 0.3) is 0 Å². The van der Waals surface area contributed by atoms with Crippen molar-refractivity contribution in [3.63, 3.8) is 0 Å². The Morgan fingerprint density at radius 1 is 1.39 bits per heavy atom. The highest BCUT2D eigenvalue weighted by Crippen LogP contribution is 2.17. The van der Waals surface area contributed by atoms with E-state index in [9.17, 15) is 14.9 Å². The number of amides is 1. The van der Waals surface area contributed by atoms with Crippen molar-refractivity contribution in [2.75, 3.05) is 13.2 Å². The van der Waals surface area contributed by atoms with Crippen molar-refractivity contribution in [2.45, 2.75) is 38.8 Å². The van der Waals surface area contributed by atoms with Gasteiger partial charge in [-0.1, -0.05) is 0 Å². The van der Waals surface area contributed by atoms with Gasteiger partial charge in [0, 0.05) is 12.1 Å². The summed E-state index contributed by atoms with van der Waals surface area (Å²) in [7, 11) is 0. The minimum atomic E-state index is -0.647. The lowest BCUT2D eigenvalue weighted by Crippen LogP contribution is -2.40. The van der Waals surface area contributed by atoms with Gasteiger partial charge in [0.25, 0.3) is 5.69 Å². The summed E-state index contributed by atoms with van der Waals surface area (Å²) in [6.45, 7) is 6.50. The largest absolute Gasteiger partial charge is 0.412 e. The van der Waals surface area contributed by atoms with Crippen LogP contribution in [-0.4, -0.2) is 35.8 Å². The number of nitro benzene ring substituents is 1. The number of ether oxygens (including phenoxy) is 2. The van der Waals surface area contributed by atoms with Crippen molar-refractivity contribution in [3.8, 4) is 5.75 Å². The topological polar surface area (TPSA) is 117 Å². The van der Waals surface area contributed by atoms with E-state index in [4.69, 9.17) is 15.2 Å². The summed E-state index contributed by atoms with van der Waals surface area (Å²) < 4.78 is 10.8. The first-order valence-electron chi connectivity index (χ1n) is 7.30. The van der Waals surface area contributed by atoms with Crippen molar-refractivity contribution < 1.29 is 19.2 Å². The summed E-state index contributed by atoms with van der Waals surface area (Å²) in [6, 6.07) is 5.01. The maximum Gasteiger partial charge on any atom is 0.412 e. The highest BCUT2D eigenvalue weighted by molar-refractivity contribution is 5.70. The van der Waals surface area contributed by atoms with E-state index < -0.39 is 11.0 Å². The van der Waals surface area contributed by atoms with Crippen LogP contribution in [-0.2, 0) is 4.74 Å². The molecule has 8 nitrogen and oxygen atoms in total. The Kier molecular flexibility index (Phi) is 6.92. The predicted octanol–water partition coefficient (Wildman–Crippen LogP) is 2.22. The van der Waals surface area contributed by atoms with Crippen molar-refractivity contribution in [1.29, 1.82) is 0 Å². The molecule has 0 aromatic heterocycles. The molecule has 1 aromatic carbocycles. The van der Waals surface area contributed by atoms with Gasteiger partial charge in [0.1, 0.15) is 5.75 Å². The number of rotatable bonds is 8. The Labute approximate surface area is 135 Å². The number of nitrogens with two attached hydrogens (primary N) is 1. The van der Waals surface area contributed by atoms with E-state index in [1.807, 2.05) is 13.8 Å². The first-order valence-corrected chi connectivity index (χ1v) is 7.30. The number of nitrogens with zero attached hydrogens (tertiary/aromatic N) is 1. The molecule has 1 unspecified atom stereocenters. The number of non-ortho nitro benzene ring substituents is 1. The van der Waals surface area contributed by atoms with Gasteiger partial charge in [-0.25, -0.2) is 4.79 Å². The van der Waals surface area contributed by atoms with Crippen LogP contribution >= 0.6 is 0 Å². The van der Waals surface area contributed by atoms with Crippen LogP contribution in [0.15, 0.2) is 24.3 Å². The average Bonchev–Trinajstić information content (AvgIpc) is 2.45. The van der Waals surface area contributed by atoms with Gasteiger partial charge in [-0.05, 0) is 45.9 Å². The molecule has 1 aromatic rings. The van der Waals surface area contributed by atoms with Gasteiger partial charge < -0.3 is 20.5 Å². The molecule has 0 saturated carbocycles. The number of hydrogen-bond donors (Lipinski definition) is 2. The van der Waals surface area contributed by atoms with E-state index in [0.717, 1.165) is 0 Å². The SMILES string of the molecule is CC(COC(C)(C)CCN)NC(=O)Oc1ccc([N+](=O)[O-])cc1. The molecule has 0 spiro atoms. The summed E-state index contributed by atoms with van der Waals surface area (Å²) >= 11 is 0. The van der Waals surface area contributed by atoms with Crippen LogP contribution in [0, 0.1) is 10.1 Å². The van der Waals surface area contributed by atoms with Crippen LogP contribution in [0.5, 0.6) is 5.75 Å². The zero-order valence-corrected chi connectivity index (χ0v) is 13.6. The number of hydrogen-bond acceptors (Lipinski definition) is 6. The Hall–Kier alpha value is -2.19. The Bertz CT molecular complexity index is 530. The average molecular weight is 325 g/mol. The summed E-state index contributed by atoms with van der Waals surface area (Å²) in [5, 5.41) is 13.2. The number of carbonyl (C=O) groups is 1. The molecule has 0 saturated heterocycles. The number of nitro groups is 1. The maximum absolute atomic E-state index is 11.7. The van der Waals surface area contributed by atoms with Gasteiger partial charge in [-0.15, -0.1) is 0 Å². The van der Waals surface area contributed by atoms with E-state index in [1.165, 1.54) is 24.3 Å². The molecule has 0 fully saturated rings. The summed E-state index contributed by atoms with van der Waals surface area (Å²) in [6.07, 6.45) is 0.0686. The first kappa shape index (κ1) is 18.9. The van der Waals surface area contributed by atoms with Gasteiger partial charge in [-0.2, -0.15) is 0 Å². The third-order valence-electron chi connectivity index (χ3n) is 3.09. The van der Waals surface area contributed by atoms with Crippen LogP contribution in [0.3, 0.4) is 0 Å². The molecule has 0 heterocycles. The van der Waals surface area contributed by atoms with Gasteiger partial charge >= 0.3 is 6.09 Å². The van der Waals surface area contributed by atoms with Crippen molar-refractivity contribution >= 4 is 11.8 Å². The fraction of sp³-hybridized carbons (Fsp3) is 0.533. The van der Waals surface area contributed by atoms with Crippen molar-refractivity contribution in [2.24, 2.45) is 5.73 Å². The molecule has 128 valence electrons. The number of benzene rings is 1. The van der Waals surface area contributed by atoms with E-state index in [-0.39, 0.29) is 23.1 Å². The Morgan fingerprint density at radius 2 is 2.00 bits per heavy atom. The van der Waals surface area contributed by atoms with Gasteiger partial charge in [0.2, 0.25) is 0 Å². The minimum absolute atomic E-state index is 0.0679. The second-order valence-corrected chi connectivity index (χ2v) is 5.80. The number of nitrogens with one attached hydrogen (secondary N) is 1. The molecular weight excluding hydrogens is 302 g/mol. The van der Waals surface area contributed by atoms with E-state index in [0.29, 0.717) is 19.6 Å². The normalized spacial score (nSPS) is 12.5. The molecule has 0 aliphatic heterocycles. The molecular formula is C15H23N3O5. The third kappa shape index (κ3) is 7.07. The van der Waals surface area contributed by atoms with Crippen LogP contribution in [0.4, 0.5) is 10.5 Å². The lowest BCUT2D eigenvalue weighted by Gasteiger charge is -2.26. The van der Waals surface area contributed by atoms with Gasteiger partial charge in [0.05, 0.1) is 23.2 Å². The van der Waals surface area contributed by atoms with Gasteiger partial charge in [-0.3, -0.25) is 10.1 Å². The second-order valence-electron chi connectivity index (χ2n) is 5.80. The van der Waals surface area contributed by atoms with Crippen molar-refractivity contribution in [3.05, 3.63) is 34.4 Å². The zero-order chi connectivity index (χ0) is 17.5. The molecule has 1 atom stereocenters. The molecule has 1 amide bonds. The first-order chi connectivity index (χ1) is 10.7. The fourth-order valence-electron chi connectivity index (χ4n) is 1.79. The monoisotopic (exact) mass is 325 g/mol. The highest BCUT2D eigenvalue weighted by Gasteiger charge is 2.19. The quantitative estimate of drug-likeness (QED) is 0.559. The van der Waals surface area contributed by atoms with E-state index in [1.54, 1.807) is 6.92 Å². The molecule has 0 radical (unpaired) electrons. The third-order valence-corrected chi connectivity index (χ3v) is 3.09. The van der Waals surface area contributed by atoms with Gasteiger partial charge in [0.15, 0.2) is 0 Å². The summed E-state index contributed by atoms with van der Waals surface area (Å²) in [5.41, 5.74) is 5.08. The lowest BCUT2D eigenvalue weighted by molar-refractivity contribution is -0.384. The Balaban J connectivity index is 2.42. The van der Waals surface area contributed by atoms with Crippen LogP contribution < -0.4 is 15.8 Å². The maximum atomic E-state index is 11.7. The molecule has 0 aliphatic rings. The molecule has 3 N–H and O–H groups in total. The van der Waals surface area contributed by atoms with Crippen LogP contribution in [0.2, 0.25) is 0 Å². The zero-order valence-electron chi connectivity index (χ0n) is 13.6. The van der Waals surface area contributed by atoms with E-state index >= 15 is 0 Å². The second kappa shape index (κ2) is 8.44. The van der Waals surface area contributed by atoms with E-state index in [2.05, 4.69) is 5.32 Å². The number of carbonyl (C=O) groups excluding carboxylic acids is 1. The smallest absolute Gasteiger partial charge is 0.410 e. The molecule has 23 heavy (non-hydrogen) atoms. The lowest BCUT2D eigenvalue weighted by atomic mass is 10.1. The highest BCUT2D eigenvalue weighted by atomic mass is 16.6. The predicted molar refractivity (Wildman–Crippen MR) is 85.4 cm³/mol. The molecule has 0 bridgehead atoms. The standard InChI is InChI=1S/C15H23N3O5/c1-11(10-22-15(2,3)8-9-16)17-14(19)23-13-6-4-12(5-7-13)18(20)21/h4-7,11H,8-10,16H2,1-3H3,(H,17,19). The molecule has 1 rings (SSSR count). The summed E-state index contributed by atoms with van der Waals surface area (Å²) in [5.74, 6) is 0.227.